The van der Waals surface area contributed by atoms with Gasteiger partial charge in [-0.15, -0.1) is 0 Å². The average molecular weight is 605 g/mol. The van der Waals surface area contributed by atoms with E-state index in [1.165, 1.54) is 0 Å². The van der Waals surface area contributed by atoms with Crippen molar-refractivity contribution < 1.29 is 18.3 Å². The molecule has 0 aliphatic rings. The van der Waals surface area contributed by atoms with Crippen molar-refractivity contribution >= 4 is 37.5 Å². The molecule has 0 heterocycles. The van der Waals surface area contributed by atoms with Crippen molar-refractivity contribution in [3.63, 3.8) is 0 Å². The third kappa shape index (κ3) is 8.23. The van der Waals surface area contributed by atoms with Gasteiger partial charge in [0.1, 0.15) is 0 Å². The van der Waals surface area contributed by atoms with E-state index in [-0.39, 0.29) is 17.9 Å². The van der Waals surface area contributed by atoms with Gasteiger partial charge in [-0.05, 0) is 76.9 Å². The summed E-state index contributed by atoms with van der Waals surface area (Å²) in [6.45, 7) is 0.283. The highest BCUT2D eigenvalue weighted by molar-refractivity contribution is 9.10. The predicted octanol–water partition coefficient (Wildman–Crippen LogP) is 7.32. The summed E-state index contributed by atoms with van der Waals surface area (Å²) in [5.74, 6) is -0.795. The van der Waals surface area contributed by atoms with E-state index in [4.69, 9.17) is 5.11 Å². The molecule has 0 aliphatic heterocycles. The number of allylic oxidation sites excluding steroid dienone is 1. The SMILES string of the molecule is O=C(O)CCC/C=C(/c1ccc(CCNS(=O)(=O)c2ccc(-c3ccccc3)cc2)cc1)c1cccc(Br)c1. The van der Waals surface area contributed by atoms with Crippen LogP contribution in [0.3, 0.4) is 0 Å². The molecule has 0 unspecified atom stereocenters. The number of aliphatic carboxylic acids is 1. The van der Waals surface area contributed by atoms with Crippen molar-refractivity contribution in [1.82, 2.24) is 4.72 Å². The fourth-order valence-electron chi connectivity index (χ4n) is 4.28. The molecule has 39 heavy (non-hydrogen) atoms. The minimum atomic E-state index is -3.62. The summed E-state index contributed by atoms with van der Waals surface area (Å²) in [5.41, 5.74) is 6.11. The molecule has 5 nitrogen and oxygen atoms in total. The Balaban J connectivity index is 1.39. The van der Waals surface area contributed by atoms with Gasteiger partial charge < -0.3 is 5.11 Å². The highest BCUT2D eigenvalue weighted by atomic mass is 79.9. The van der Waals surface area contributed by atoms with Crippen LogP contribution in [0.4, 0.5) is 0 Å². The van der Waals surface area contributed by atoms with Crippen LogP contribution in [-0.2, 0) is 21.2 Å². The van der Waals surface area contributed by atoms with Crippen LogP contribution in [0.25, 0.3) is 16.7 Å². The molecule has 4 aromatic carbocycles. The minimum Gasteiger partial charge on any atom is -0.481 e. The number of carboxylic acid groups (broad SMARTS) is 1. The number of rotatable bonds is 12. The summed E-state index contributed by atoms with van der Waals surface area (Å²) in [4.78, 5) is 11.1. The van der Waals surface area contributed by atoms with E-state index in [1.54, 1.807) is 12.1 Å². The van der Waals surface area contributed by atoms with Crippen LogP contribution in [0.15, 0.2) is 119 Å². The lowest BCUT2D eigenvalue weighted by molar-refractivity contribution is -0.137. The molecule has 7 heteroatoms. The summed E-state index contributed by atoms with van der Waals surface area (Å²) in [6.07, 6.45) is 3.99. The average Bonchev–Trinajstić information content (AvgIpc) is 2.94. The molecule has 0 atom stereocenters. The van der Waals surface area contributed by atoms with Gasteiger partial charge in [0.15, 0.2) is 0 Å². The van der Waals surface area contributed by atoms with Gasteiger partial charge in [-0.25, -0.2) is 13.1 Å². The second-order valence-electron chi connectivity index (χ2n) is 9.15. The van der Waals surface area contributed by atoms with Crippen LogP contribution in [0.1, 0.15) is 36.0 Å². The summed E-state index contributed by atoms with van der Waals surface area (Å²) in [5, 5.41) is 8.95. The maximum Gasteiger partial charge on any atom is 0.303 e. The van der Waals surface area contributed by atoms with E-state index in [1.807, 2.05) is 91.0 Å². The van der Waals surface area contributed by atoms with E-state index in [0.29, 0.717) is 19.3 Å². The molecule has 2 N–H and O–H groups in total. The molecule has 0 radical (unpaired) electrons. The standard InChI is InChI=1S/C32H30BrNO4S/c33-29-10-6-9-28(23-29)31(11-4-5-12-32(35)36)27-15-13-24(14-16-27)21-22-34-39(37,38)30-19-17-26(18-20-30)25-7-2-1-3-8-25/h1-3,6-11,13-20,23,34H,4-5,12,21-22H2,(H,35,36)/b31-11-. The van der Waals surface area contributed by atoms with Crippen LogP contribution < -0.4 is 4.72 Å². The lowest BCUT2D eigenvalue weighted by atomic mass is 9.95. The topological polar surface area (TPSA) is 83.5 Å². The fourth-order valence-corrected chi connectivity index (χ4v) is 5.71. The Bertz CT molecular complexity index is 1530. The number of sulfonamides is 1. The number of hydrogen-bond donors (Lipinski definition) is 2. The van der Waals surface area contributed by atoms with Crippen molar-refractivity contribution in [2.75, 3.05) is 6.54 Å². The molecule has 4 aromatic rings. The Morgan fingerprint density at radius 3 is 2.18 bits per heavy atom. The number of carbonyl (C=O) groups is 1. The van der Waals surface area contributed by atoms with Crippen molar-refractivity contribution in [3.05, 3.63) is 130 Å². The minimum absolute atomic E-state index is 0.133. The number of unbranched alkanes of at least 4 members (excludes halogenated alkanes) is 1. The van der Waals surface area contributed by atoms with Gasteiger partial charge in [-0.2, -0.15) is 0 Å². The van der Waals surface area contributed by atoms with Gasteiger partial charge in [-0.3, -0.25) is 4.79 Å². The summed E-state index contributed by atoms with van der Waals surface area (Å²) in [7, 11) is -3.62. The van der Waals surface area contributed by atoms with Gasteiger partial charge >= 0.3 is 5.97 Å². The van der Waals surface area contributed by atoms with Gasteiger partial charge in [0, 0.05) is 17.4 Å². The van der Waals surface area contributed by atoms with Crippen LogP contribution in [0.2, 0.25) is 0 Å². The van der Waals surface area contributed by atoms with E-state index < -0.39 is 16.0 Å². The van der Waals surface area contributed by atoms with Gasteiger partial charge in [-0.1, -0.05) is 101 Å². The predicted molar refractivity (Wildman–Crippen MR) is 160 cm³/mol. The molecule has 0 fully saturated rings. The van der Waals surface area contributed by atoms with E-state index in [9.17, 15) is 13.2 Å². The molecule has 0 aromatic heterocycles. The first-order valence-corrected chi connectivity index (χ1v) is 15.0. The first-order chi connectivity index (χ1) is 18.8. The smallest absolute Gasteiger partial charge is 0.303 e. The third-order valence-electron chi connectivity index (χ3n) is 6.32. The van der Waals surface area contributed by atoms with Gasteiger partial charge in [0.2, 0.25) is 10.0 Å². The Kier molecular flexibility index (Phi) is 9.87. The van der Waals surface area contributed by atoms with Crippen LogP contribution in [0.5, 0.6) is 0 Å². The maximum atomic E-state index is 12.8. The Hall–Kier alpha value is -3.52. The number of carboxylic acids is 1. The molecule has 0 saturated heterocycles. The highest BCUT2D eigenvalue weighted by Crippen LogP contribution is 2.27. The van der Waals surface area contributed by atoms with Gasteiger partial charge in [0.25, 0.3) is 0 Å². The molecule has 0 spiro atoms. The molecular weight excluding hydrogens is 574 g/mol. The Labute approximate surface area is 238 Å². The zero-order chi connectivity index (χ0) is 27.7. The van der Waals surface area contributed by atoms with Crippen molar-refractivity contribution in [3.8, 4) is 11.1 Å². The van der Waals surface area contributed by atoms with E-state index >= 15 is 0 Å². The first kappa shape index (κ1) is 28.5. The third-order valence-corrected chi connectivity index (χ3v) is 8.29. The molecular formula is C32H30BrNO4S. The first-order valence-electron chi connectivity index (χ1n) is 12.7. The molecule has 0 bridgehead atoms. The lowest BCUT2D eigenvalue weighted by Crippen LogP contribution is -2.25. The van der Waals surface area contributed by atoms with Crippen molar-refractivity contribution in [2.24, 2.45) is 0 Å². The van der Waals surface area contributed by atoms with Crippen molar-refractivity contribution in [1.29, 1.82) is 0 Å². The number of halogens is 1. The van der Waals surface area contributed by atoms with Crippen LogP contribution in [0, 0.1) is 0 Å². The summed E-state index contributed by atoms with van der Waals surface area (Å²) in [6, 6.07) is 32.8. The summed E-state index contributed by atoms with van der Waals surface area (Å²) < 4.78 is 29.3. The lowest BCUT2D eigenvalue weighted by Gasteiger charge is -2.11. The maximum absolute atomic E-state index is 12.8. The highest BCUT2D eigenvalue weighted by Gasteiger charge is 2.14. The zero-order valence-corrected chi connectivity index (χ0v) is 23.8. The van der Waals surface area contributed by atoms with Gasteiger partial charge in [0.05, 0.1) is 4.90 Å². The number of hydrogen-bond acceptors (Lipinski definition) is 3. The van der Waals surface area contributed by atoms with Crippen molar-refractivity contribution in [2.45, 2.75) is 30.6 Å². The second-order valence-corrected chi connectivity index (χ2v) is 11.8. The fraction of sp³-hybridized carbons (Fsp3) is 0.156. The largest absolute Gasteiger partial charge is 0.481 e. The van der Waals surface area contributed by atoms with Crippen LogP contribution in [-0.4, -0.2) is 26.0 Å². The second kappa shape index (κ2) is 13.5. The quantitative estimate of drug-likeness (QED) is 0.166. The molecule has 0 amide bonds. The number of nitrogens with one attached hydrogen (secondary N) is 1. The molecule has 200 valence electrons. The van der Waals surface area contributed by atoms with E-state index in [0.717, 1.165) is 37.9 Å². The zero-order valence-electron chi connectivity index (χ0n) is 21.4. The monoisotopic (exact) mass is 603 g/mol. The molecule has 0 saturated carbocycles. The molecule has 0 aliphatic carbocycles. The number of benzene rings is 4. The van der Waals surface area contributed by atoms with E-state index in [2.05, 4.69) is 26.7 Å². The Morgan fingerprint density at radius 2 is 1.51 bits per heavy atom. The Morgan fingerprint density at radius 1 is 0.821 bits per heavy atom. The summed E-state index contributed by atoms with van der Waals surface area (Å²) >= 11 is 3.53. The normalized spacial score (nSPS) is 11.9. The molecule has 4 rings (SSSR count). The van der Waals surface area contributed by atoms with Crippen LogP contribution >= 0.6 is 15.9 Å².